The lowest BCUT2D eigenvalue weighted by Gasteiger charge is -2.00. The molecule has 2 rings (SSSR count). The highest BCUT2D eigenvalue weighted by atomic mass is 32.1. The number of nitrogen functional groups attached to an aromatic ring is 1. The molecule has 2 aromatic rings. The molecule has 2 aromatic heterocycles. The number of carbonyl (C=O) groups excluding carboxylic acids is 1. The Kier molecular flexibility index (Phi) is 2.88. The Morgan fingerprint density at radius 1 is 1.53 bits per heavy atom. The van der Waals surface area contributed by atoms with E-state index in [9.17, 15) is 9.59 Å². The second-order valence-electron chi connectivity index (χ2n) is 3.29. The lowest BCUT2D eigenvalue weighted by Crippen LogP contribution is -2.21. The molecule has 2 heterocycles. The molecule has 0 bridgehead atoms. The van der Waals surface area contributed by atoms with Gasteiger partial charge in [-0.3, -0.25) is 14.9 Å². The third-order valence-electron chi connectivity index (χ3n) is 1.96. The number of nitrogens with two attached hydrogens (primary N) is 1. The molecule has 4 N–H and O–H groups in total. The molecule has 0 spiro atoms. The normalized spacial score (nSPS) is 10.2. The quantitative estimate of drug-likeness (QED) is 0.713. The van der Waals surface area contributed by atoms with E-state index in [1.54, 1.807) is 6.92 Å². The Morgan fingerprint density at radius 2 is 2.29 bits per heavy atom. The summed E-state index contributed by atoms with van der Waals surface area (Å²) in [6, 6.07) is 1.35. The number of hydrogen-bond acceptors (Lipinski definition) is 6. The number of anilines is 2. The van der Waals surface area contributed by atoms with Crippen LogP contribution in [0.5, 0.6) is 0 Å². The predicted octanol–water partition coefficient (Wildman–Crippen LogP) is 0.369. The zero-order chi connectivity index (χ0) is 12.4. The molecule has 0 radical (unpaired) electrons. The first-order valence-electron chi connectivity index (χ1n) is 4.66. The van der Waals surface area contributed by atoms with Crippen LogP contribution in [0, 0.1) is 6.92 Å². The van der Waals surface area contributed by atoms with Gasteiger partial charge in [0.05, 0.1) is 0 Å². The number of aromatic nitrogens is 3. The molecule has 0 unspecified atom stereocenters. The molecule has 0 aromatic carbocycles. The number of hydrogen-bond donors (Lipinski definition) is 3. The fraction of sp³-hybridized carbons (Fsp3) is 0.111. The Labute approximate surface area is 99.7 Å². The first-order valence-corrected chi connectivity index (χ1v) is 5.47. The fourth-order valence-corrected chi connectivity index (χ4v) is 1.71. The van der Waals surface area contributed by atoms with Gasteiger partial charge >= 0.3 is 0 Å². The number of amides is 1. The van der Waals surface area contributed by atoms with Crippen LogP contribution in [0.1, 0.15) is 16.1 Å². The lowest BCUT2D eigenvalue weighted by molar-refractivity contribution is 0.102. The van der Waals surface area contributed by atoms with Gasteiger partial charge in [-0.15, -0.1) is 10.2 Å². The van der Waals surface area contributed by atoms with Crippen LogP contribution in [-0.4, -0.2) is 21.1 Å². The number of H-pyrrole nitrogens is 1. The molecular weight excluding hydrogens is 242 g/mol. The monoisotopic (exact) mass is 251 g/mol. The molecule has 17 heavy (non-hydrogen) atoms. The maximum atomic E-state index is 11.7. The van der Waals surface area contributed by atoms with Crippen molar-refractivity contribution >= 4 is 27.5 Å². The zero-order valence-electron chi connectivity index (χ0n) is 8.85. The SMILES string of the molecule is Cc1cc(=O)c(C(=O)Nc2nnc(N)s2)c[nH]1. The minimum atomic E-state index is -0.539. The Morgan fingerprint density at radius 3 is 2.88 bits per heavy atom. The van der Waals surface area contributed by atoms with E-state index in [4.69, 9.17) is 5.73 Å². The number of aryl methyl sites for hydroxylation is 1. The second-order valence-corrected chi connectivity index (χ2v) is 4.30. The molecule has 0 saturated carbocycles. The molecular formula is C9H9N5O2S. The van der Waals surface area contributed by atoms with Gasteiger partial charge in [-0.05, 0) is 6.92 Å². The summed E-state index contributed by atoms with van der Waals surface area (Å²) in [6.07, 6.45) is 1.36. The van der Waals surface area contributed by atoms with Gasteiger partial charge < -0.3 is 10.7 Å². The molecule has 8 heteroatoms. The Bertz CT molecular complexity index is 618. The van der Waals surface area contributed by atoms with Crippen molar-refractivity contribution in [1.29, 1.82) is 0 Å². The summed E-state index contributed by atoms with van der Waals surface area (Å²) in [7, 11) is 0. The van der Waals surface area contributed by atoms with Crippen molar-refractivity contribution in [2.75, 3.05) is 11.1 Å². The highest BCUT2D eigenvalue weighted by Gasteiger charge is 2.12. The largest absolute Gasteiger partial charge is 0.374 e. The summed E-state index contributed by atoms with van der Waals surface area (Å²) in [5, 5.41) is 10.1. The average Bonchev–Trinajstić information content (AvgIpc) is 2.63. The van der Waals surface area contributed by atoms with Crippen molar-refractivity contribution in [1.82, 2.24) is 15.2 Å². The van der Waals surface area contributed by atoms with Crippen LogP contribution in [0.4, 0.5) is 10.3 Å². The summed E-state index contributed by atoms with van der Waals surface area (Å²) in [4.78, 5) is 26.1. The number of nitrogens with zero attached hydrogens (tertiary/aromatic N) is 2. The second kappa shape index (κ2) is 4.34. The van der Waals surface area contributed by atoms with E-state index in [0.29, 0.717) is 5.69 Å². The fourth-order valence-electron chi connectivity index (χ4n) is 1.20. The zero-order valence-corrected chi connectivity index (χ0v) is 9.67. The summed E-state index contributed by atoms with van der Waals surface area (Å²) in [5.41, 5.74) is 5.72. The molecule has 0 aliphatic heterocycles. The van der Waals surface area contributed by atoms with Crippen LogP contribution in [0.25, 0.3) is 0 Å². The third-order valence-corrected chi connectivity index (χ3v) is 2.63. The van der Waals surface area contributed by atoms with Crippen molar-refractivity contribution < 1.29 is 4.79 Å². The Balaban J connectivity index is 2.23. The van der Waals surface area contributed by atoms with Crippen LogP contribution in [-0.2, 0) is 0 Å². The number of aromatic amines is 1. The third kappa shape index (κ3) is 2.48. The van der Waals surface area contributed by atoms with Crippen molar-refractivity contribution in [2.45, 2.75) is 6.92 Å². The maximum Gasteiger partial charge on any atom is 0.262 e. The first kappa shape index (κ1) is 11.3. The molecule has 7 nitrogen and oxygen atoms in total. The molecule has 0 fully saturated rings. The van der Waals surface area contributed by atoms with Crippen molar-refractivity contribution in [3.05, 3.63) is 33.7 Å². The first-order chi connectivity index (χ1) is 8.06. The van der Waals surface area contributed by atoms with E-state index in [-0.39, 0.29) is 21.3 Å². The van der Waals surface area contributed by atoms with Crippen LogP contribution in [0.2, 0.25) is 0 Å². The van der Waals surface area contributed by atoms with Crippen LogP contribution >= 0.6 is 11.3 Å². The number of pyridine rings is 1. The van der Waals surface area contributed by atoms with Gasteiger partial charge in [0.2, 0.25) is 10.3 Å². The molecule has 1 amide bonds. The maximum absolute atomic E-state index is 11.7. The van der Waals surface area contributed by atoms with Gasteiger partial charge in [0.15, 0.2) is 5.43 Å². The van der Waals surface area contributed by atoms with Crippen molar-refractivity contribution in [2.24, 2.45) is 0 Å². The summed E-state index contributed by atoms with van der Waals surface area (Å²) in [5.74, 6) is -0.539. The van der Waals surface area contributed by atoms with Gasteiger partial charge in [0, 0.05) is 18.0 Å². The topological polar surface area (TPSA) is 114 Å². The summed E-state index contributed by atoms with van der Waals surface area (Å²) >= 11 is 1.03. The van der Waals surface area contributed by atoms with Crippen molar-refractivity contribution in [3.8, 4) is 0 Å². The summed E-state index contributed by atoms with van der Waals surface area (Å²) < 4.78 is 0. The van der Waals surface area contributed by atoms with Crippen molar-refractivity contribution in [3.63, 3.8) is 0 Å². The van der Waals surface area contributed by atoms with E-state index < -0.39 is 5.91 Å². The van der Waals surface area contributed by atoms with Crippen LogP contribution in [0.3, 0.4) is 0 Å². The molecule has 0 atom stereocenters. The van der Waals surface area contributed by atoms with E-state index in [1.807, 2.05) is 0 Å². The minimum Gasteiger partial charge on any atom is -0.374 e. The van der Waals surface area contributed by atoms with E-state index >= 15 is 0 Å². The van der Waals surface area contributed by atoms with E-state index in [1.165, 1.54) is 12.3 Å². The molecule has 0 aliphatic rings. The minimum absolute atomic E-state index is 0.0179. The van der Waals surface area contributed by atoms with Gasteiger partial charge in [-0.1, -0.05) is 11.3 Å². The average molecular weight is 251 g/mol. The highest BCUT2D eigenvalue weighted by Crippen LogP contribution is 2.16. The van der Waals surface area contributed by atoms with E-state index in [2.05, 4.69) is 20.5 Å². The van der Waals surface area contributed by atoms with Crippen LogP contribution in [0.15, 0.2) is 17.1 Å². The highest BCUT2D eigenvalue weighted by molar-refractivity contribution is 7.19. The smallest absolute Gasteiger partial charge is 0.262 e. The van der Waals surface area contributed by atoms with Gasteiger partial charge in [-0.2, -0.15) is 0 Å². The lowest BCUT2D eigenvalue weighted by atomic mass is 10.2. The molecule has 0 saturated heterocycles. The standard InChI is InChI=1S/C9H9N5O2S/c1-4-2-6(15)5(3-11-4)7(16)12-9-14-13-8(10)17-9/h2-3H,1H3,(H2,10,13)(H,11,15)(H,12,14,16). The summed E-state index contributed by atoms with van der Waals surface area (Å²) in [6.45, 7) is 1.73. The number of carbonyl (C=O) groups is 1. The van der Waals surface area contributed by atoms with Gasteiger partial charge in [-0.25, -0.2) is 0 Å². The van der Waals surface area contributed by atoms with E-state index in [0.717, 1.165) is 11.3 Å². The van der Waals surface area contributed by atoms with Crippen LogP contribution < -0.4 is 16.5 Å². The molecule has 0 aliphatic carbocycles. The molecule has 88 valence electrons. The Hall–Kier alpha value is -2.22. The van der Waals surface area contributed by atoms with Gasteiger partial charge in [0.25, 0.3) is 5.91 Å². The number of nitrogens with one attached hydrogen (secondary N) is 2. The number of rotatable bonds is 2. The van der Waals surface area contributed by atoms with Gasteiger partial charge in [0.1, 0.15) is 5.56 Å². The predicted molar refractivity (Wildman–Crippen MR) is 64.1 cm³/mol.